The SMILES string of the molecule is CCN(CC)S(=O)(=O)c1ccc2c(c1)CCN2CCOc1ccccc1. The molecule has 0 aliphatic carbocycles. The Kier molecular flexibility index (Phi) is 5.84. The van der Waals surface area contributed by atoms with Gasteiger partial charge in [0.15, 0.2) is 0 Å². The predicted molar refractivity (Wildman–Crippen MR) is 104 cm³/mol. The number of benzene rings is 2. The lowest BCUT2D eigenvalue weighted by atomic mass is 10.2. The van der Waals surface area contributed by atoms with E-state index in [9.17, 15) is 8.42 Å². The molecule has 2 aromatic carbocycles. The molecular formula is C20H26N2O3S. The van der Waals surface area contributed by atoms with Crippen LogP contribution in [0, 0.1) is 0 Å². The number of fused-ring (bicyclic) bond motifs is 1. The van der Waals surface area contributed by atoms with Crippen molar-refractivity contribution >= 4 is 15.7 Å². The Balaban J connectivity index is 1.68. The Morgan fingerprint density at radius 2 is 1.81 bits per heavy atom. The topological polar surface area (TPSA) is 49.9 Å². The Morgan fingerprint density at radius 3 is 2.50 bits per heavy atom. The van der Waals surface area contributed by atoms with E-state index in [1.54, 1.807) is 6.07 Å². The second-order valence-corrected chi connectivity index (χ2v) is 8.22. The third-order valence-corrected chi connectivity index (χ3v) is 6.80. The van der Waals surface area contributed by atoms with Gasteiger partial charge in [-0.2, -0.15) is 4.31 Å². The Labute approximate surface area is 156 Å². The molecule has 1 aliphatic rings. The molecule has 2 aromatic rings. The molecule has 140 valence electrons. The zero-order valence-corrected chi connectivity index (χ0v) is 16.2. The lowest BCUT2D eigenvalue weighted by Gasteiger charge is -2.21. The summed E-state index contributed by atoms with van der Waals surface area (Å²) in [5.41, 5.74) is 2.21. The smallest absolute Gasteiger partial charge is 0.243 e. The van der Waals surface area contributed by atoms with E-state index >= 15 is 0 Å². The van der Waals surface area contributed by atoms with E-state index in [1.165, 1.54) is 4.31 Å². The molecule has 0 unspecified atom stereocenters. The summed E-state index contributed by atoms with van der Waals surface area (Å²) in [7, 11) is -3.40. The molecule has 26 heavy (non-hydrogen) atoms. The Hall–Kier alpha value is -2.05. The van der Waals surface area contributed by atoms with E-state index in [0.717, 1.165) is 36.5 Å². The van der Waals surface area contributed by atoms with Gasteiger partial charge < -0.3 is 9.64 Å². The summed E-state index contributed by atoms with van der Waals surface area (Å²) in [6, 6.07) is 15.3. The van der Waals surface area contributed by atoms with Crippen molar-refractivity contribution < 1.29 is 13.2 Å². The van der Waals surface area contributed by atoms with Gasteiger partial charge in [-0.1, -0.05) is 32.0 Å². The number of sulfonamides is 1. The minimum absolute atomic E-state index is 0.391. The summed E-state index contributed by atoms with van der Waals surface area (Å²) in [5.74, 6) is 0.868. The molecule has 1 heterocycles. The van der Waals surface area contributed by atoms with Crippen LogP contribution in [0.15, 0.2) is 53.4 Å². The number of nitrogens with zero attached hydrogens (tertiary/aromatic N) is 2. The highest BCUT2D eigenvalue weighted by Gasteiger charge is 2.25. The van der Waals surface area contributed by atoms with Gasteiger partial charge >= 0.3 is 0 Å². The van der Waals surface area contributed by atoms with Gasteiger partial charge in [0, 0.05) is 25.3 Å². The molecule has 0 atom stereocenters. The van der Waals surface area contributed by atoms with Crippen LogP contribution in [0.3, 0.4) is 0 Å². The highest BCUT2D eigenvalue weighted by Crippen LogP contribution is 2.31. The van der Waals surface area contributed by atoms with Crippen molar-refractivity contribution in [1.29, 1.82) is 0 Å². The summed E-state index contributed by atoms with van der Waals surface area (Å²) in [6.45, 7) is 6.97. The average Bonchev–Trinajstić information content (AvgIpc) is 3.06. The van der Waals surface area contributed by atoms with Gasteiger partial charge in [0.05, 0.1) is 11.4 Å². The molecule has 3 rings (SSSR count). The molecule has 0 N–H and O–H groups in total. The van der Waals surface area contributed by atoms with Crippen molar-refractivity contribution in [2.24, 2.45) is 0 Å². The van der Waals surface area contributed by atoms with Gasteiger partial charge in [-0.05, 0) is 42.3 Å². The summed E-state index contributed by atoms with van der Waals surface area (Å²) < 4.78 is 32.7. The number of ether oxygens (including phenoxy) is 1. The molecule has 0 bridgehead atoms. The van der Waals surface area contributed by atoms with E-state index in [1.807, 2.05) is 56.3 Å². The van der Waals surface area contributed by atoms with Crippen molar-refractivity contribution in [1.82, 2.24) is 4.31 Å². The summed E-state index contributed by atoms with van der Waals surface area (Å²) >= 11 is 0. The Morgan fingerprint density at radius 1 is 1.08 bits per heavy atom. The fourth-order valence-corrected chi connectivity index (χ4v) is 4.85. The van der Waals surface area contributed by atoms with Gasteiger partial charge in [-0.15, -0.1) is 0 Å². The van der Waals surface area contributed by atoms with Crippen LogP contribution < -0.4 is 9.64 Å². The van der Waals surface area contributed by atoms with Crippen LogP contribution >= 0.6 is 0 Å². The molecule has 6 heteroatoms. The van der Waals surface area contributed by atoms with Crippen LogP contribution in [0.4, 0.5) is 5.69 Å². The first kappa shape index (κ1) is 18.7. The van der Waals surface area contributed by atoms with E-state index < -0.39 is 10.0 Å². The van der Waals surface area contributed by atoms with Gasteiger partial charge in [-0.25, -0.2) is 8.42 Å². The number of anilines is 1. The summed E-state index contributed by atoms with van der Waals surface area (Å²) in [6.07, 6.45) is 0.863. The molecule has 0 radical (unpaired) electrons. The second kappa shape index (κ2) is 8.10. The van der Waals surface area contributed by atoms with Gasteiger partial charge in [-0.3, -0.25) is 0 Å². The molecule has 0 saturated carbocycles. The van der Waals surface area contributed by atoms with Crippen molar-refractivity contribution in [2.75, 3.05) is 37.7 Å². The van der Waals surface area contributed by atoms with E-state index in [-0.39, 0.29) is 0 Å². The fourth-order valence-electron chi connectivity index (χ4n) is 3.34. The lowest BCUT2D eigenvalue weighted by Crippen LogP contribution is -2.30. The van der Waals surface area contributed by atoms with Crippen LogP contribution in [-0.4, -0.2) is 45.5 Å². The average molecular weight is 375 g/mol. The Bertz CT molecular complexity index is 833. The molecule has 0 spiro atoms. The van der Waals surface area contributed by atoms with Crippen LogP contribution in [0.25, 0.3) is 0 Å². The first-order valence-electron chi connectivity index (χ1n) is 9.12. The minimum Gasteiger partial charge on any atom is -0.492 e. The molecule has 0 amide bonds. The maximum Gasteiger partial charge on any atom is 0.243 e. The monoisotopic (exact) mass is 374 g/mol. The highest BCUT2D eigenvalue weighted by atomic mass is 32.2. The van der Waals surface area contributed by atoms with Crippen molar-refractivity contribution in [3.8, 4) is 5.75 Å². The third kappa shape index (κ3) is 3.86. The molecule has 0 saturated heterocycles. The largest absolute Gasteiger partial charge is 0.492 e. The lowest BCUT2D eigenvalue weighted by molar-refractivity contribution is 0.324. The predicted octanol–water partition coefficient (Wildman–Crippen LogP) is 3.16. The zero-order chi connectivity index (χ0) is 18.6. The number of hydrogen-bond donors (Lipinski definition) is 0. The normalized spacial score (nSPS) is 13.9. The second-order valence-electron chi connectivity index (χ2n) is 6.28. The van der Waals surface area contributed by atoms with Crippen LogP contribution in [0.5, 0.6) is 5.75 Å². The van der Waals surface area contributed by atoms with Crippen molar-refractivity contribution in [2.45, 2.75) is 25.2 Å². The molecule has 0 aromatic heterocycles. The van der Waals surface area contributed by atoms with E-state index in [4.69, 9.17) is 4.74 Å². The molecule has 1 aliphatic heterocycles. The number of para-hydroxylation sites is 1. The van der Waals surface area contributed by atoms with Crippen LogP contribution in [0.2, 0.25) is 0 Å². The van der Waals surface area contributed by atoms with Gasteiger partial charge in [0.25, 0.3) is 0 Å². The van der Waals surface area contributed by atoms with Gasteiger partial charge in [0.2, 0.25) is 10.0 Å². The fraction of sp³-hybridized carbons (Fsp3) is 0.400. The first-order valence-corrected chi connectivity index (χ1v) is 10.6. The molecule has 0 fully saturated rings. The maximum atomic E-state index is 12.7. The van der Waals surface area contributed by atoms with E-state index in [2.05, 4.69) is 4.90 Å². The van der Waals surface area contributed by atoms with Crippen LogP contribution in [-0.2, 0) is 16.4 Å². The highest BCUT2D eigenvalue weighted by molar-refractivity contribution is 7.89. The zero-order valence-electron chi connectivity index (χ0n) is 15.4. The third-order valence-electron chi connectivity index (χ3n) is 4.76. The van der Waals surface area contributed by atoms with Crippen LogP contribution in [0.1, 0.15) is 19.4 Å². The van der Waals surface area contributed by atoms with Crippen molar-refractivity contribution in [3.63, 3.8) is 0 Å². The molecule has 5 nitrogen and oxygen atoms in total. The maximum absolute atomic E-state index is 12.7. The minimum atomic E-state index is -3.40. The number of rotatable bonds is 8. The summed E-state index contributed by atoms with van der Waals surface area (Å²) in [4.78, 5) is 2.65. The summed E-state index contributed by atoms with van der Waals surface area (Å²) in [5, 5.41) is 0. The first-order chi connectivity index (χ1) is 12.6. The standard InChI is InChI=1S/C20H26N2O3S/c1-3-22(4-2)26(23,24)19-10-11-20-17(16-19)12-13-21(20)14-15-25-18-8-6-5-7-9-18/h5-11,16H,3-4,12-15H2,1-2H3. The van der Waals surface area contributed by atoms with E-state index in [0.29, 0.717) is 24.6 Å². The van der Waals surface area contributed by atoms with Gasteiger partial charge in [0.1, 0.15) is 12.4 Å². The quantitative estimate of drug-likeness (QED) is 0.712. The number of hydrogen-bond acceptors (Lipinski definition) is 4. The molecular weight excluding hydrogens is 348 g/mol. The van der Waals surface area contributed by atoms with Crippen molar-refractivity contribution in [3.05, 3.63) is 54.1 Å².